The lowest BCUT2D eigenvalue weighted by Gasteiger charge is -2.42. The summed E-state index contributed by atoms with van der Waals surface area (Å²) < 4.78 is 11.0. The van der Waals surface area contributed by atoms with E-state index in [1.165, 1.54) is 0 Å². The Bertz CT molecular complexity index is 543. The van der Waals surface area contributed by atoms with Crippen molar-refractivity contribution in [2.24, 2.45) is 11.3 Å². The van der Waals surface area contributed by atoms with Gasteiger partial charge in [0.1, 0.15) is 11.4 Å². The SMILES string of the molecule is C=CC1(OC(=O)c2ccc(OC)cc2)CCC(C(C)(C)C)CC1. The summed E-state index contributed by atoms with van der Waals surface area (Å²) in [6.07, 6.45) is 5.63. The van der Waals surface area contributed by atoms with E-state index in [4.69, 9.17) is 9.47 Å². The van der Waals surface area contributed by atoms with Crippen LogP contribution in [0.3, 0.4) is 0 Å². The van der Waals surface area contributed by atoms with E-state index in [0.29, 0.717) is 16.9 Å². The van der Waals surface area contributed by atoms with Crippen LogP contribution in [-0.4, -0.2) is 18.7 Å². The summed E-state index contributed by atoms with van der Waals surface area (Å²) in [5.74, 6) is 1.10. The lowest BCUT2D eigenvalue weighted by molar-refractivity contribution is -0.0265. The molecule has 0 N–H and O–H groups in total. The van der Waals surface area contributed by atoms with Crippen LogP contribution in [0.5, 0.6) is 5.75 Å². The van der Waals surface area contributed by atoms with Gasteiger partial charge in [0.15, 0.2) is 0 Å². The first kappa shape index (κ1) is 17.6. The maximum atomic E-state index is 12.4. The van der Waals surface area contributed by atoms with Gasteiger partial charge in [-0.1, -0.05) is 27.4 Å². The quantitative estimate of drug-likeness (QED) is 0.578. The van der Waals surface area contributed by atoms with Crippen LogP contribution in [0.25, 0.3) is 0 Å². The van der Waals surface area contributed by atoms with Crippen LogP contribution in [-0.2, 0) is 4.74 Å². The summed E-state index contributed by atoms with van der Waals surface area (Å²) >= 11 is 0. The van der Waals surface area contributed by atoms with Crippen molar-refractivity contribution < 1.29 is 14.3 Å². The molecule has 1 saturated carbocycles. The van der Waals surface area contributed by atoms with E-state index >= 15 is 0 Å². The molecule has 126 valence electrons. The Morgan fingerprint density at radius 2 is 1.78 bits per heavy atom. The summed E-state index contributed by atoms with van der Waals surface area (Å²) in [5.41, 5.74) is 0.316. The van der Waals surface area contributed by atoms with E-state index in [1.807, 2.05) is 6.08 Å². The molecule has 0 radical (unpaired) electrons. The van der Waals surface area contributed by atoms with Gasteiger partial charge < -0.3 is 9.47 Å². The second kappa shape index (κ2) is 6.77. The molecule has 1 aromatic carbocycles. The molecule has 0 atom stereocenters. The summed E-state index contributed by atoms with van der Waals surface area (Å²) in [6.45, 7) is 10.8. The minimum Gasteiger partial charge on any atom is -0.497 e. The molecule has 0 amide bonds. The highest BCUT2D eigenvalue weighted by atomic mass is 16.6. The summed E-state index contributed by atoms with van der Waals surface area (Å²) in [6, 6.07) is 7.01. The molecule has 0 unspecified atom stereocenters. The number of carbonyl (C=O) groups is 1. The van der Waals surface area contributed by atoms with Gasteiger partial charge >= 0.3 is 5.97 Å². The van der Waals surface area contributed by atoms with Crippen LogP contribution in [0.4, 0.5) is 0 Å². The molecule has 0 aliphatic heterocycles. The highest BCUT2D eigenvalue weighted by molar-refractivity contribution is 5.90. The first-order chi connectivity index (χ1) is 10.8. The van der Waals surface area contributed by atoms with Gasteiger partial charge in [-0.05, 0) is 67.4 Å². The topological polar surface area (TPSA) is 35.5 Å². The van der Waals surface area contributed by atoms with Crippen LogP contribution in [0.1, 0.15) is 56.8 Å². The molecule has 3 heteroatoms. The van der Waals surface area contributed by atoms with Crippen LogP contribution >= 0.6 is 0 Å². The van der Waals surface area contributed by atoms with E-state index < -0.39 is 5.60 Å². The molecular formula is C20H28O3. The van der Waals surface area contributed by atoms with E-state index in [1.54, 1.807) is 31.4 Å². The van der Waals surface area contributed by atoms with Crippen LogP contribution in [0, 0.1) is 11.3 Å². The average Bonchev–Trinajstić information content (AvgIpc) is 2.54. The lowest BCUT2D eigenvalue weighted by atomic mass is 9.68. The number of carbonyl (C=O) groups excluding carboxylic acids is 1. The Hall–Kier alpha value is -1.77. The Morgan fingerprint density at radius 3 is 2.22 bits per heavy atom. The predicted octanol–water partition coefficient (Wildman–Crippen LogP) is 5.01. The van der Waals surface area contributed by atoms with Crippen molar-refractivity contribution in [3.63, 3.8) is 0 Å². The molecule has 1 fully saturated rings. The largest absolute Gasteiger partial charge is 0.497 e. The van der Waals surface area contributed by atoms with Gasteiger partial charge in [-0.2, -0.15) is 0 Å². The predicted molar refractivity (Wildman–Crippen MR) is 92.8 cm³/mol. The number of methoxy groups -OCH3 is 1. The van der Waals surface area contributed by atoms with E-state index in [2.05, 4.69) is 27.4 Å². The van der Waals surface area contributed by atoms with Crippen LogP contribution in [0.15, 0.2) is 36.9 Å². The average molecular weight is 316 g/mol. The van der Waals surface area contributed by atoms with E-state index in [9.17, 15) is 4.79 Å². The highest BCUT2D eigenvalue weighted by Gasteiger charge is 2.39. The van der Waals surface area contributed by atoms with Crippen LogP contribution in [0.2, 0.25) is 0 Å². The molecule has 0 aromatic heterocycles. The summed E-state index contributed by atoms with van der Waals surface area (Å²) in [4.78, 5) is 12.4. The minimum absolute atomic E-state index is 0.290. The van der Waals surface area contributed by atoms with E-state index in [0.717, 1.165) is 31.4 Å². The van der Waals surface area contributed by atoms with Gasteiger partial charge in [0.25, 0.3) is 0 Å². The van der Waals surface area contributed by atoms with Crippen LogP contribution < -0.4 is 4.74 Å². The molecule has 0 saturated heterocycles. The van der Waals surface area contributed by atoms with Gasteiger partial charge in [-0.3, -0.25) is 0 Å². The van der Waals surface area contributed by atoms with Crippen molar-refractivity contribution >= 4 is 5.97 Å². The third-order valence-corrected chi connectivity index (χ3v) is 5.05. The summed E-state index contributed by atoms with van der Waals surface area (Å²) in [7, 11) is 1.60. The zero-order valence-electron chi connectivity index (χ0n) is 14.7. The van der Waals surface area contributed by atoms with Gasteiger partial charge in [-0.25, -0.2) is 4.79 Å². The molecular weight excluding hydrogens is 288 g/mol. The Labute approximate surface area is 139 Å². The third-order valence-electron chi connectivity index (χ3n) is 5.05. The van der Waals surface area contributed by atoms with Crippen molar-refractivity contribution in [1.29, 1.82) is 0 Å². The number of ether oxygens (including phenoxy) is 2. The van der Waals surface area contributed by atoms with Crippen molar-refractivity contribution in [1.82, 2.24) is 0 Å². The Morgan fingerprint density at radius 1 is 1.22 bits per heavy atom. The fourth-order valence-electron chi connectivity index (χ4n) is 3.29. The fourth-order valence-corrected chi connectivity index (χ4v) is 3.29. The second-order valence-corrected chi connectivity index (χ2v) is 7.53. The van der Waals surface area contributed by atoms with Crippen molar-refractivity contribution in [3.8, 4) is 5.75 Å². The zero-order valence-corrected chi connectivity index (χ0v) is 14.7. The molecule has 0 bridgehead atoms. The van der Waals surface area contributed by atoms with Gasteiger partial charge in [-0.15, -0.1) is 0 Å². The normalized spacial score (nSPS) is 24.8. The molecule has 2 rings (SSSR count). The van der Waals surface area contributed by atoms with E-state index in [-0.39, 0.29) is 5.97 Å². The standard InChI is InChI=1S/C20H28O3/c1-6-20(13-11-16(12-14-20)19(2,3)4)23-18(21)15-7-9-17(22-5)10-8-15/h6-10,16H,1,11-14H2,2-5H3. The lowest BCUT2D eigenvalue weighted by Crippen LogP contribution is -2.39. The Kier molecular flexibility index (Phi) is 5.18. The molecule has 3 nitrogen and oxygen atoms in total. The monoisotopic (exact) mass is 316 g/mol. The molecule has 0 spiro atoms. The summed E-state index contributed by atoms with van der Waals surface area (Å²) in [5, 5.41) is 0. The highest BCUT2D eigenvalue weighted by Crippen LogP contribution is 2.43. The number of hydrogen-bond acceptors (Lipinski definition) is 3. The minimum atomic E-state index is -0.529. The third kappa shape index (κ3) is 4.15. The molecule has 23 heavy (non-hydrogen) atoms. The van der Waals surface area contributed by atoms with Crippen molar-refractivity contribution in [2.75, 3.05) is 7.11 Å². The zero-order chi connectivity index (χ0) is 17.1. The first-order valence-corrected chi connectivity index (χ1v) is 8.31. The van der Waals surface area contributed by atoms with Gasteiger partial charge in [0.05, 0.1) is 12.7 Å². The first-order valence-electron chi connectivity index (χ1n) is 8.31. The maximum Gasteiger partial charge on any atom is 0.338 e. The second-order valence-electron chi connectivity index (χ2n) is 7.53. The number of hydrogen-bond donors (Lipinski definition) is 0. The van der Waals surface area contributed by atoms with Crippen molar-refractivity contribution in [3.05, 3.63) is 42.5 Å². The molecule has 1 aliphatic carbocycles. The molecule has 1 aromatic rings. The fraction of sp³-hybridized carbons (Fsp3) is 0.550. The van der Waals surface area contributed by atoms with Gasteiger partial charge in [0.2, 0.25) is 0 Å². The maximum absolute atomic E-state index is 12.4. The molecule has 0 heterocycles. The number of rotatable bonds is 4. The molecule has 1 aliphatic rings. The number of esters is 1. The van der Waals surface area contributed by atoms with Crippen molar-refractivity contribution in [2.45, 2.75) is 52.1 Å². The Balaban J connectivity index is 2.04. The van der Waals surface area contributed by atoms with Gasteiger partial charge in [0, 0.05) is 0 Å². The smallest absolute Gasteiger partial charge is 0.338 e. The number of benzene rings is 1.